The first-order valence-corrected chi connectivity index (χ1v) is 6.17. The van der Waals surface area contributed by atoms with Crippen molar-refractivity contribution in [2.45, 2.75) is 19.5 Å². The van der Waals surface area contributed by atoms with E-state index in [9.17, 15) is 22.4 Å². The van der Waals surface area contributed by atoms with Gasteiger partial charge in [-0.05, 0) is 24.6 Å². The molecule has 7 heteroatoms. The number of methoxy groups -OCH3 is 1. The minimum absolute atomic E-state index is 0.0104. The predicted molar refractivity (Wildman–Crippen MR) is 70.3 cm³/mol. The van der Waals surface area contributed by atoms with Crippen molar-refractivity contribution in [1.29, 1.82) is 0 Å². The van der Waals surface area contributed by atoms with Gasteiger partial charge in [0, 0.05) is 12.1 Å². The highest BCUT2D eigenvalue weighted by Gasteiger charge is 2.31. The molecule has 0 saturated carbocycles. The standard InChI is InChI=1S/C14H15F4NO2/c1-3-9(13(20)21-2)6-7-19-12-8-10(14(16,17)18)4-5-11(12)15/h4-6,8,19H,3,7H2,1-2H3/b9-6-. The van der Waals surface area contributed by atoms with E-state index in [1.54, 1.807) is 6.92 Å². The van der Waals surface area contributed by atoms with Crippen molar-refractivity contribution in [3.05, 3.63) is 41.2 Å². The van der Waals surface area contributed by atoms with Crippen LogP contribution < -0.4 is 5.32 Å². The third-order valence-electron chi connectivity index (χ3n) is 2.76. The highest BCUT2D eigenvalue weighted by molar-refractivity contribution is 5.88. The van der Waals surface area contributed by atoms with E-state index < -0.39 is 23.5 Å². The van der Waals surface area contributed by atoms with Crippen LogP contribution in [0.3, 0.4) is 0 Å². The van der Waals surface area contributed by atoms with Crippen LogP contribution in [0.1, 0.15) is 18.9 Å². The van der Waals surface area contributed by atoms with Gasteiger partial charge in [-0.25, -0.2) is 9.18 Å². The van der Waals surface area contributed by atoms with Gasteiger partial charge >= 0.3 is 12.1 Å². The number of hydrogen-bond donors (Lipinski definition) is 1. The quantitative estimate of drug-likeness (QED) is 0.511. The minimum Gasteiger partial charge on any atom is -0.466 e. The fourth-order valence-electron chi connectivity index (χ4n) is 1.62. The highest BCUT2D eigenvalue weighted by atomic mass is 19.4. The number of ether oxygens (including phenoxy) is 1. The van der Waals surface area contributed by atoms with Gasteiger partial charge in [-0.15, -0.1) is 0 Å². The Morgan fingerprint density at radius 2 is 2.05 bits per heavy atom. The molecule has 0 aromatic heterocycles. The van der Waals surface area contributed by atoms with Crippen molar-refractivity contribution in [1.82, 2.24) is 0 Å². The summed E-state index contributed by atoms with van der Waals surface area (Å²) in [7, 11) is 1.23. The van der Waals surface area contributed by atoms with Crippen LogP contribution in [0.15, 0.2) is 29.8 Å². The number of halogens is 4. The van der Waals surface area contributed by atoms with Crippen LogP contribution in [-0.2, 0) is 15.7 Å². The van der Waals surface area contributed by atoms with Gasteiger partial charge in [-0.2, -0.15) is 13.2 Å². The minimum atomic E-state index is -4.54. The lowest BCUT2D eigenvalue weighted by Crippen LogP contribution is -2.10. The number of benzene rings is 1. The zero-order chi connectivity index (χ0) is 16.0. The molecule has 21 heavy (non-hydrogen) atoms. The Labute approximate surface area is 119 Å². The summed E-state index contributed by atoms with van der Waals surface area (Å²) in [4.78, 5) is 11.3. The monoisotopic (exact) mass is 305 g/mol. The topological polar surface area (TPSA) is 38.3 Å². The highest BCUT2D eigenvalue weighted by Crippen LogP contribution is 2.31. The van der Waals surface area contributed by atoms with Crippen molar-refractivity contribution in [2.75, 3.05) is 19.0 Å². The van der Waals surface area contributed by atoms with Crippen LogP contribution in [-0.4, -0.2) is 19.6 Å². The first-order valence-electron chi connectivity index (χ1n) is 6.17. The van der Waals surface area contributed by atoms with Crippen LogP contribution in [0.4, 0.5) is 23.2 Å². The number of esters is 1. The molecule has 0 fully saturated rings. The Hall–Kier alpha value is -2.05. The van der Waals surface area contributed by atoms with Gasteiger partial charge in [0.25, 0.3) is 0 Å². The largest absolute Gasteiger partial charge is 0.466 e. The average Bonchev–Trinajstić information content (AvgIpc) is 2.43. The average molecular weight is 305 g/mol. The number of hydrogen-bond acceptors (Lipinski definition) is 3. The molecule has 0 aliphatic rings. The number of carbonyl (C=O) groups is 1. The number of nitrogens with one attached hydrogen (secondary N) is 1. The molecule has 116 valence electrons. The van der Waals surface area contributed by atoms with Crippen molar-refractivity contribution >= 4 is 11.7 Å². The molecular weight excluding hydrogens is 290 g/mol. The van der Waals surface area contributed by atoms with Gasteiger partial charge in [0.05, 0.1) is 18.4 Å². The fraction of sp³-hybridized carbons (Fsp3) is 0.357. The van der Waals surface area contributed by atoms with E-state index in [0.29, 0.717) is 24.1 Å². The van der Waals surface area contributed by atoms with Crippen LogP contribution in [0.25, 0.3) is 0 Å². The Balaban J connectivity index is 2.84. The number of anilines is 1. The summed E-state index contributed by atoms with van der Waals surface area (Å²) in [5.41, 5.74) is -0.863. The van der Waals surface area contributed by atoms with E-state index >= 15 is 0 Å². The van der Waals surface area contributed by atoms with E-state index in [1.165, 1.54) is 13.2 Å². The number of carbonyl (C=O) groups excluding carboxylic acids is 1. The van der Waals surface area contributed by atoms with Crippen molar-refractivity contribution in [2.24, 2.45) is 0 Å². The third-order valence-corrected chi connectivity index (χ3v) is 2.76. The molecule has 0 amide bonds. The molecule has 0 aliphatic heterocycles. The SMILES string of the molecule is CC/C(=C/CNc1cc(C(F)(F)F)ccc1F)C(=O)OC. The Morgan fingerprint density at radius 3 is 2.57 bits per heavy atom. The molecule has 1 N–H and O–H groups in total. The van der Waals surface area contributed by atoms with Gasteiger partial charge in [0.1, 0.15) is 5.82 Å². The van der Waals surface area contributed by atoms with E-state index in [0.717, 1.165) is 6.07 Å². The summed E-state index contributed by atoms with van der Waals surface area (Å²) < 4.78 is 55.6. The molecule has 0 spiro atoms. The normalized spacial score (nSPS) is 12.2. The van der Waals surface area contributed by atoms with Gasteiger partial charge in [0.2, 0.25) is 0 Å². The van der Waals surface area contributed by atoms with Crippen molar-refractivity contribution < 1.29 is 27.1 Å². The second-order valence-electron chi connectivity index (χ2n) is 4.15. The third kappa shape index (κ3) is 4.77. The molecule has 1 aromatic rings. The second kappa shape index (κ2) is 7.10. The molecule has 0 heterocycles. The van der Waals surface area contributed by atoms with Gasteiger partial charge in [-0.1, -0.05) is 13.0 Å². The lowest BCUT2D eigenvalue weighted by molar-refractivity contribution is -0.138. The number of rotatable bonds is 5. The van der Waals surface area contributed by atoms with Gasteiger partial charge in [-0.3, -0.25) is 0 Å². The maximum absolute atomic E-state index is 13.4. The van der Waals surface area contributed by atoms with Gasteiger partial charge < -0.3 is 10.1 Å². The van der Waals surface area contributed by atoms with Crippen LogP contribution in [0.5, 0.6) is 0 Å². The van der Waals surface area contributed by atoms with E-state index in [1.807, 2.05) is 0 Å². The molecular formula is C14H15F4NO2. The smallest absolute Gasteiger partial charge is 0.416 e. The molecule has 0 bridgehead atoms. The molecule has 0 radical (unpaired) electrons. The van der Waals surface area contributed by atoms with Crippen LogP contribution in [0, 0.1) is 5.82 Å². The maximum atomic E-state index is 13.4. The first-order chi connectivity index (χ1) is 9.79. The van der Waals surface area contributed by atoms with E-state index in [4.69, 9.17) is 0 Å². The maximum Gasteiger partial charge on any atom is 0.416 e. The lowest BCUT2D eigenvalue weighted by atomic mass is 10.1. The van der Waals surface area contributed by atoms with E-state index in [-0.39, 0.29) is 12.2 Å². The summed E-state index contributed by atoms with van der Waals surface area (Å²) in [6, 6.07) is 2.10. The molecule has 3 nitrogen and oxygen atoms in total. The van der Waals surface area contributed by atoms with Gasteiger partial charge in [0.15, 0.2) is 0 Å². The summed E-state index contributed by atoms with van der Waals surface area (Å²) in [5.74, 6) is -1.32. The van der Waals surface area contributed by atoms with Crippen molar-refractivity contribution in [3.63, 3.8) is 0 Å². The summed E-state index contributed by atoms with van der Waals surface area (Å²) in [6.07, 6.45) is -2.69. The zero-order valence-electron chi connectivity index (χ0n) is 11.6. The lowest BCUT2D eigenvalue weighted by Gasteiger charge is -2.11. The summed E-state index contributed by atoms with van der Waals surface area (Å²) in [5, 5.41) is 2.51. The summed E-state index contributed by atoms with van der Waals surface area (Å²) >= 11 is 0. The zero-order valence-corrected chi connectivity index (χ0v) is 11.6. The molecule has 1 aromatic carbocycles. The first kappa shape index (κ1) is 17.0. The van der Waals surface area contributed by atoms with Crippen LogP contribution >= 0.6 is 0 Å². The fourth-order valence-corrected chi connectivity index (χ4v) is 1.62. The number of alkyl halides is 3. The molecule has 0 unspecified atom stereocenters. The van der Waals surface area contributed by atoms with Crippen LogP contribution in [0.2, 0.25) is 0 Å². The summed E-state index contributed by atoms with van der Waals surface area (Å²) in [6.45, 7) is 1.74. The Morgan fingerprint density at radius 1 is 1.38 bits per heavy atom. The van der Waals surface area contributed by atoms with Crippen molar-refractivity contribution in [3.8, 4) is 0 Å². The molecule has 0 saturated heterocycles. The molecule has 0 aliphatic carbocycles. The Kier molecular flexibility index (Phi) is 5.75. The Bertz CT molecular complexity index is 538. The second-order valence-corrected chi connectivity index (χ2v) is 4.15. The van der Waals surface area contributed by atoms with E-state index in [2.05, 4.69) is 10.1 Å². The predicted octanol–water partition coefficient (Wildman–Crippen LogP) is 3.77. The molecule has 0 atom stereocenters. The molecule has 1 rings (SSSR count).